The normalized spacial score (nSPS) is 15.4. The molecular formula is C17H24N6O3S. The summed E-state index contributed by atoms with van der Waals surface area (Å²) in [6.07, 6.45) is 1.74. The van der Waals surface area contributed by atoms with Crippen molar-refractivity contribution in [3.8, 4) is 0 Å². The Morgan fingerprint density at radius 2 is 1.93 bits per heavy atom. The zero-order valence-electron chi connectivity index (χ0n) is 15.7. The lowest BCUT2D eigenvalue weighted by atomic mass is 10.3. The highest BCUT2D eigenvalue weighted by Crippen LogP contribution is 2.21. The minimum atomic E-state index is -3.77. The molecule has 3 heterocycles. The number of hydrogen-bond acceptors (Lipinski definition) is 6. The Labute approximate surface area is 159 Å². The van der Waals surface area contributed by atoms with Crippen LogP contribution in [0.5, 0.6) is 0 Å². The van der Waals surface area contributed by atoms with Crippen molar-refractivity contribution in [3.63, 3.8) is 0 Å². The molecule has 1 aliphatic heterocycles. The molecule has 0 bridgehead atoms. The second-order valence-electron chi connectivity index (χ2n) is 6.58. The third-order valence-electron chi connectivity index (χ3n) is 4.69. The zero-order chi connectivity index (χ0) is 19.6. The third-order valence-corrected chi connectivity index (χ3v) is 6.76. The molecule has 0 atom stereocenters. The Hall–Kier alpha value is -2.46. The molecule has 0 aromatic carbocycles. The molecule has 146 valence electrons. The molecule has 9 nitrogen and oxygen atoms in total. The van der Waals surface area contributed by atoms with Gasteiger partial charge in [0.15, 0.2) is 0 Å². The van der Waals surface area contributed by atoms with E-state index in [1.165, 1.54) is 7.05 Å². The predicted molar refractivity (Wildman–Crippen MR) is 101 cm³/mol. The number of carbonyl (C=O) groups excluding carboxylic acids is 1. The lowest BCUT2D eigenvalue weighted by molar-refractivity contribution is -0.131. The summed E-state index contributed by atoms with van der Waals surface area (Å²) in [5.41, 5.74) is 0.867. The van der Waals surface area contributed by atoms with Gasteiger partial charge < -0.3 is 9.80 Å². The number of sulfonamides is 1. The van der Waals surface area contributed by atoms with E-state index in [2.05, 4.69) is 20.1 Å². The summed E-state index contributed by atoms with van der Waals surface area (Å²) in [5, 5.41) is 6.61. The second kappa shape index (κ2) is 7.65. The summed E-state index contributed by atoms with van der Waals surface area (Å²) in [5.74, 6) is 0.677. The number of likely N-dealkylation sites (N-methyl/N-ethyl adjacent to an activating group) is 1. The fourth-order valence-corrected chi connectivity index (χ4v) is 4.62. The van der Waals surface area contributed by atoms with Gasteiger partial charge in [-0.3, -0.25) is 9.89 Å². The number of rotatable bonds is 5. The fourth-order valence-electron chi connectivity index (χ4n) is 3.18. The summed E-state index contributed by atoms with van der Waals surface area (Å²) in [4.78, 5) is 20.9. The van der Waals surface area contributed by atoms with Crippen molar-refractivity contribution in [2.45, 2.75) is 18.7 Å². The van der Waals surface area contributed by atoms with Crippen LogP contribution in [0.1, 0.15) is 11.4 Å². The van der Waals surface area contributed by atoms with Crippen LogP contribution in [0.15, 0.2) is 29.3 Å². The molecule has 0 unspecified atom stereocenters. The van der Waals surface area contributed by atoms with Gasteiger partial charge in [0.25, 0.3) is 0 Å². The highest BCUT2D eigenvalue weighted by atomic mass is 32.2. The first-order chi connectivity index (χ1) is 12.8. The van der Waals surface area contributed by atoms with E-state index in [0.29, 0.717) is 37.6 Å². The quantitative estimate of drug-likeness (QED) is 0.790. The number of hydrogen-bond donors (Lipinski definition) is 1. The minimum absolute atomic E-state index is 0.137. The highest BCUT2D eigenvalue weighted by Gasteiger charge is 2.30. The summed E-state index contributed by atoms with van der Waals surface area (Å²) in [6, 6.07) is 5.73. The van der Waals surface area contributed by atoms with Crippen LogP contribution in [0.25, 0.3) is 0 Å². The van der Waals surface area contributed by atoms with Crippen LogP contribution in [0.2, 0.25) is 0 Å². The molecule has 27 heavy (non-hydrogen) atoms. The SMILES string of the molecule is Cc1n[nH]c(C)c1S(=O)(=O)N(C)CC(=O)N1CCN(c2ccccn2)CC1. The summed E-state index contributed by atoms with van der Waals surface area (Å²) in [7, 11) is -2.35. The smallest absolute Gasteiger partial charge is 0.246 e. The zero-order valence-corrected chi connectivity index (χ0v) is 16.5. The van der Waals surface area contributed by atoms with Crippen LogP contribution < -0.4 is 4.90 Å². The largest absolute Gasteiger partial charge is 0.353 e. The van der Waals surface area contributed by atoms with E-state index in [-0.39, 0.29) is 17.3 Å². The first-order valence-electron chi connectivity index (χ1n) is 8.72. The van der Waals surface area contributed by atoms with Gasteiger partial charge in [-0.05, 0) is 26.0 Å². The van der Waals surface area contributed by atoms with Crippen molar-refractivity contribution in [1.82, 2.24) is 24.4 Å². The van der Waals surface area contributed by atoms with Crippen molar-refractivity contribution in [1.29, 1.82) is 0 Å². The van der Waals surface area contributed by atoms with Gasteiger partial charge in [-0.15, -0.1) is 0 Å². The Bertz CT molecular complexity index is 885. The van der Waals surface area contributed by atoms with Crippen LogP contribution in [-0.2, 0) is 14.8 Å². The van der Waals surface area contributed by atoms with E-state index < -0.39 is 10.0 Å². The van der Waals surface area contributed by atoms with Gasteiger partial charge in [-0.25, -0.2) is 13.4 Å². The van der Waals surface area contributed by atoms with Gasteiger partial charge in [0.05, 0.1) is 17.9 Å². The topological polar surface area (TPSA) is 102 Å². The van der Waals surface area contributed by atoms with Gasteiger partial charge in [-0.1, -0.05) is 6.07 Å². The molecule has 1 saturated heterocycles. The number of aryl methyl sites for hydroxylation is 2. The fraction of sp³-hybridized carbons (Fsp3) is 0.471. The Morgan fingerprint density at radius 1 is 1.22 bits per heavy atom. The van der Waals surface area contributed by atoms with Crippen molar-refractivity contribution in [3.05, 3.63) is 35.8 Å². The molecule has 2 aromatic rings. The monoisotopic (exact) mass is 392 g/mol. The van der Waals surface area contributed by atoms with Gasteiger partial charge >= 0.3 is 0 Å². The third kappa shape index (κ3) is 3.96. The second-order valence-corrected chi connectivity index (χ2v) is 8.56. The molecule has 1 N–H and O–H groups in total. The number of aromatic nitrogens is 3. The summed E-state index contributed by atoms with van der Waals surface area (Å²) in [6.45, 7) is 5.48. The average Bonchev–Trinajstić information content (AvgIpc) is 3.01. The molecule has 3 rings (SSSR count). The maximum absolute atomic E-state index is 12.8. The molecule has 1 fully saturated rings. The lowest BCUT2D eigenvalue weighted by Crippen LogP contribution is -2.51. The molecule has 2 aromatic heterocycles. The Morgan fingerprint density at radius 3 is 2.48 bits per heavy atom. The number of piperazine rings is 1. The van der Waals surface area contributed by atoms with Crippen molar-refractivity contribution >= 4 is 21.7 Å². The van der Waals surface area contributed by atoms with E-state index in [9.17, 15) is 13.2 Å². The number of aromatic amines is 1. The van der Waals surface area contributed by atoms with Crippen LogP contribution in [0.3, 0.4) is 0 Å². The summed E-state index contributed by atoms with van der Waals surface area (Å²) >= 11 is 0. The van der Waals surface area contributed by atoms with E-state index >= 15 is 0 Å². The van der Waals surface area contributed by atoms with E-state index in [1.807, 2.05) is 18.2 Å². The van der Waals surface area contributed by atoms with Gasteiger partial charge in [-0.2, -0.15) is 9.40 Å². The predicted octanol–water partition coefficient (Wildman–Crippen LogP) is 0.391. The number of carbonyl (C=O) groups is 1. The molecule has 0 radical (unpaired) electrons. The number of nitrogens with zero attached hydrogens (tertiary/aromatic N) is 5. The lowest BCUT2D eigenvalue weighted by Gasteiger charge is -2.36. The molecule has 0 aliphatic carbocycles. The van der Waals surface area contributed by atoms with Gasteiger partial charge in [0, 0.05) is 39.4 Å². The first-order valence-corrected chi connectivity index (χ1v) is 10.2. The number of nitrogens with one attached hydrogen (secondary N) is 1. The van der Waals surface area contributed by atoms with Crippen molar-refractivity contribution in [2.75, 3.05) is 44.7 Å². The van der Waals surface area contributed by atoms with Crippen LogP contribution in [0.4, 0.5) is 5.82 Å². The van der Waals surface area contributed by atoms with Gasteiger partial charge in [0.2, 0.25) is 15.9 Å². The minimum Gasteiger partial charge on any atom is -0.353 e. The van der Waals surface area contributed by atoms with Crippen molar-refractivity contribution in [2.24, 2.45) is 0 Å². The Kier molecular flexibility index (Phi) is 5.47. The number of H-pyrrole nitrogens is 1. The molecule has 1 aliphatic rings. The van der Waals surface area contributed by atoms with E-state index in [4.69, 9.17) is 0 Å². The number of amides is 1. The summed E-state index contributed by atoms with van der Waals surface area (Å²) < 4.78 is 26.6. The molecule has 0 spiro atoms. The van der Waals surface area contributed by atoms with Crippen molar-refractivity contribution < 1.29 is 13.2 Å². The highest BCUT2D eigenvalue weighted by molar-refractivity contribution is 7.89. The van der Waals surface area contributed by atoms with Gasteiger partial charge in [0.1, 0.15) is 10.7 Å². The molecule has 1 amide bonds. The van der Waals surface area contributed by atoms with Crippen LogP contribution >= 0.6 is 0 Å². The first kappa shape index (κ1) is 19.3. The van der Waals surface area contributed by atoms with E-state index in [0.717, 1.165) is 10.1 Å². The maximum atomic E-state index is 12.8. The number of pyridine rings is 1. The Balaban J connectivity index is 1.61. The van der Waals surface area contributed by atoms with Crippen LogP contribution in [-0.4, -0.2) is 78.5 Å². The molecular weight excluding hydrogens is 368 g/mol. The maximum Gasteiger partial charge on any atom is 0.246 e. The molecule has 0 saturated carbocycles. The van der Waals surface area contributed by atoms with Crippen LogP contribution in [0, 0.1) is 13.8 Å². The standard InChI is InChI=1S/C17H24N6O3S/c1-13-17(14(2)20-19-13)27(25,26)21(3)12-16(24)23-10-8-22(9-11-23)15-6-4-5-7-18-15/h4-7H,8-12H2,1-3H3,(H,19,20). The molecule has 10 heteroatoms. The van der Waals surface area contributed by atoms with E-state index in [1.54, 1.807) is 24.9 Å². The number of anilines is 1. The average molecular weight is 392 g/mol.